The number of aryl methyl sites for hydroxylation is 2. The molecule has 0 unspecified atom stereocenters. The van der Waals surface area contributed by atoms with E-state index in [4.69, 9.17) is 16.0 Å². The molecule has 1 aromatic heterocycles. The Labute approximate surface area is 128 Å². The molecule has 108 valence electrons. The number of furan rings is 1. The summed E-state index contributed by atoms with van der Waals surface area (Å²) in [6, 6.07) is 11.5. The minimum absolute atomic E-state index is 0.310. The van der Waals surface area contributed by atoms with Crippen LogP contribution in [0.1, 0.15) is 16.7 Å². The van der Waals surface area contributed by atoms with E-state index >= 15 is 0 Å². The van der Waals surface area contributed by atoms with Gasteiger partial charge in [0.25, 0.3) is 0 Å². The van der Waals surface area contributed by atoms with E-state index in [0.717, 1.165) is 33.3 Å². The van der Waals surface area contributed by atoms with Crippen molar-refractivity contribution in [2.45, 2.75) is 20.4 Å². The van der Waals surface area contributed by atoms with E-state index in [1.54, 1.807) is 6.07 Å². The molecule has 3 aromatic rings. The van der Waals surface area contributed by atoms with Gasteiger partial charge in [-0.1, -0.05) is 18.2 Å². The summed E-state index contributed by atoms with van der Waals surface area (Å²) < 4.78 is 5.55. The molecule has 0 atom stereocenters. The molecule has 3 rings (SSSR count). The predicted octanol–water partition coefficient (Wildman–Crippen LogP) is 5.02. The summed E-state index contributed by atoms with van der Waals surface area (Å²) in [5, 5.41) is 14.5. The molecule has 2 aromatic carbocycles. The lowest BCUT2D eigenvalue weighted by Crippen LogP contribution is -2.01. The van der Waals surface area contributed by atoms with Crippen molar-refractivity contribution < 1.29 is 9.52 Å². The molecule has 0 amide bonds. The third kappa shape index (κ3) is 2.57. The molecule has 0 bridgehead atoms. The number of aromatic hydroxyl groups is 1. The van der Waals surface area contributed by atoms with Gasteiger partial charge in [-0.05, 0) is 54.8 Å². The highest BCUT2D eigenvalue weighted by Gasteiger charge is 2.12. The maximum Gasteiger partial charge on any atom is 0.199 e. The Morgan fingerprint density at radius 2 is 1.90 bits per heavy atom. The summed E-state index contributed by atoms with van der Waals surface area (Å²) in [7, 11) is 0. The first-order valence-electron chi connectivity index (χ1n) is 6.76. The van der Waals surface area contributed by atoms with Crippen LogP contribution in [-0.4, -0.2) is 5.11 Å². The Hall–Kier alpha value is -2.13. The minimum Gasteiger partial charge on any atom is -0.508 e. The summed E-state index contributed by atoms with van der Waals surface area (Å²) in [5.41, 5.74) is 4.54. The maximum atomic E-state index is 9.70. The van der Waals surface area contributed by atoms with Crippen molar-refractivity contribution in [1.82, 2.24) is 0 Å². The number of hydrogen-bond acceptors (Lipinski definition) is 3. The van der Waals surface area contributed by atoms with E-state index in [1.807, 2.05) is 44.2 Å². The number of rotatable bonds is 3. The Bertz CT molecular complexity index is 808. The van der Waals surface area contributed by atoms with Gasteiger partial charge < -0.3 is 14.8 Å². The van der Waals surface area contributed by atoms with Gasteiger partial charge in [0.2, 0.25) is 0 Å². The van der Waals surface area contributed by atoms with Crippen LogP contribution in [0.25, 0.3) is 11.0 Å². The molecule has 0 spiro atoms. The lowest BCUT2D eigenvalue weighted by molar-refractivity contribution is 0.471. The topological polar surface area (TPSA) is 45.4 Å². The van der Waals surface area contributed by atoms with Crippen LogP contribution >= 0.6 is 11.6 Å². The fraction of sp³-hybridized carbons (Fsp3) is 0.176. The predicted molar refractivity (Wildman–Crippen MR) is 86.1 cm³/mol. The molecule has 21 heavy (non-hydrogen) atoms. The molecule has 0 fully saturated rings. The van der Waals surface area contributed by atoms with Gasteiger partial charge in [0.15, 0.2) is 5.22 Å². The van der Waals surface area contributed by atoms with Crippen LogP contribution in [0.15, 0.2) is 40.8 Å². The Morgan fingerprint density at radius 3 is 2.71 bits per heavy atom. The monoisotopic (exact) mass is 301 g/mol. The standard InChI is InChI=1S/C17H16ClNO2/c1-10-8-15(20)11(2)7-14(10)19-9-13-12-5-3-4-6-16(12)21-17(13)18/h3-8,19-20H,9H2,1-2H3. The maximum absolute atomic E-state index is 9.70. The SMILES string of the molecule is Cc1cc(NCc2c(Cl)oc3ccccc23)c(C)cc1O. The second-order valence-corrected chi connectivity index (χ2v) is 5.50. The normalized spacial score (nSPS) is 11.0. The average molecular weight is 302 g/mol. The van der Waals surface area contributed by atoms with Gasteiger partial charge in [-0.25, -0.2) is 0 Å². The van der Waals surface area contributed by atoms with Gasteiger partial charge in [-0.15, -0.1) is 0 Å². The molecule has 0 radical (unpaired) electrons. The molecule has 0 aliphatic carbocycles. The van der Waals surface area contributed by atoms with Crippen molar-refractivity contribution in [2.24, 2.45) is 0 Å². The molecule has 0 aliphatic heterocycles. The summed E-state index contributed by atoms with van der Waals surface area (Å²) >= 11 is 6.18. The van der Waals surface area contributed by atoms with Crippen LogP contribution in [0.5, 0.6) is 5.75 Å². The van der Waals surface area contributed by atoms with Gasteiger partial charge in [0.1, 0.15) is 11.3 Å². The molecular formula is C17H16ClNO2. The highest BCUT2D eigenvalue weighted by Crippen LogP contribution is 2.31. The Morgan fingerprint density at radius 1 is 1.14 bits per heavy atom. The number of para-hydroxylation sites is 1. The number of anilines is 1. The first-order chi connectivity index (χ1) is 10.1. The van der Waals surface area contributed by atoms with Crippen molar-refractivity contribution in [1.29, 1.82) is 0 Å². The fourth-order valence-corrected chi connectivity index (χ4v) is 2.66. The van der Waals surface area contributed by atoms with Gasteiger partial charge in [-0.2, -0.15) is 0 Å². The Balaban J connectivity index is 1.90. The summed E-state index contributed by atoms with van der Waals surface area (Å²) in [4.78, 5) is 0. The van der Waals surface area contributed by atoms with Crippen LogP contribution < -0.4 is 5.32 Å². The van der Waals surface area contributed by atoms with E-state index in [-0.39, 0.29) is 0 Å². The first kappa shape index (κ1) is 13.8. The molecular weight excluding hydrogens is 286 g/mol. The third-order valence-electron chi connectivity index (χ3n) is 3.65. The average Bonchev–Trinajstić information content (AvgIpc) is 2.77. The van der Waals surface area contributed by atoms with Crippen molar-refractivity contribution in [3.8, 4) is 5.75 Å². The summed E-state index contributed by atoms with van der Waals surface area (Å²) in [6.45, 7) is 4.40. The van der Waals surface area contributed by atoms with E-state index in [2.05, 4.69) is 5.32 Å². The van der Waals surface area contributed by atoms with Crippen LogP contribution in [0.3, 0.4) is 0 Å². The van der Waals surface area contributed by atoms with Crippen LogP contribution in [-0.2, 0) is 6.54 Å². The molecule has 0 saturated heterocycles. The highest BCUT2D eigenvalue weighted by molar-refractivity contribution is 6.30. The number of benzene rings is 2. The summed E-state index contributed by atoms with van der Waals surface area (Å²) in [5.74, 6) is 0.310. The number of phenols is 1. The molecule has 1 heterocycles. The number of phenolic OH excluding ortho intramolecular Hbond substituents is 1. The Kier molecular flexibility index (Phi) is 3.52. The first-order valence-corrected chi connectivity index (χ1v) is 7.14. The van der Waals surface area contributed by atoms with Crippen LogP contribution in [0, 0.1) is 13.8 Å². The van der Waals surface area contributed by atoms with Crippen LogP contribution in [0.2, 0.25) is 5.22 Å². The van der Waals surface area contributed by atoms with Gasteiger partial charge in [-0.3, -0.25) is 0 Å². The van der Waals surface area contributed by atoms with Crippen molar-refractivity contribution in [2.75, 3.05) is 5.32 Å². The van der Waals surface area contributed by atoms with E-state index in [0.29, 0.717) is 17.5 Å². The molecule has 4 heteroatoms. The number of halogens is 1. The number of hydrogen-bond donors (Lipinski definition) is 2. The quantitative estimate of drug-likeness (QED) is 0.668. The second-order valence-electron chi connectivity index (χ2n) is 5.16. The molecule has 0 saturated carbocycles. The van der Waals surface area contributed by atoms with Gasteiger partial charge >= 0.3 is 0 Å². The molecule has 2 N–H and O–H groups in total. The third-order valence-corrected chi connectivity index (χ3v) is 3.95. The highest BCUT2D eigenvalue weighted by atomic mass is 35.5. The molecule has 3 nitrogen and oxygen atoms in total. The van der Waals surface area contributed by atoms with Crippen molar-refractivity contribution >= 4 is 28.3 Å². The molecule has 0 aliphatic rings. The van der Waals surface area contributed by atoms with Crippen molar-refractivity contribution in [3.63, 3.8) is 0 Å². The number of fused-ring (bicyclic) bond motifs is 1. The summed E-state index contributed by atoms with van der Waals surface area (Å²) in [6.07, 6.45) is 0. The van der Waals surface area contributed by atoms with Gasteiger partial charge in [0.05, 0.1) is 0 Å². The lowest BCUT2D eigenvalue weighted by atomic mass is 10.1. The zero-order valence-corrected chi connectivity index (χ0v) is 12.7. The van der Waals surface area contributed by atoms with Crippen molar-refractivity contribution in [3.05, 3.63) is 58.3 Å². The van der Waals surface area contributed by atoms with Crippen LogP contribution in [0.4, 0.5) is 5.69 Å². The minimum atomic E-state index is 0.310. The largest absolute Gasteiger partial charge is 0.508 e. The lowest BCUT2D eigenvalue weighted by Gasteiger charge is -2.11. The van der Waals surface area contributed by atoms with E-state index in [9.17, 15) is 5.11 Å². The zero-order chi connectivity index (χ0) is 15.0. The fourth-order valence-electron chi connectivity index (χ4n) is 2.41. The smallest absolute Gasteiger partial charge is 0.199 e. The van der Waals surface area contributed by atoms with E-state index < -0.39 is 0 Å². The second kappa shape index (κ2) is 5.34. The number of nitrogens with one attached hydrogen (secondary N) is 1. The van der Waals surface area contributed by atoms with E-state index in [1.165, 1.54) is 0 Å². The zero-order valence-electron chi connectivity index (χ0n) is 11.9. The van der Waals surface area contributed by atoms with Gasteiger partial charge in [0, 0.05) is 23.2 Å².